The van der Waals surface area contributed by atoms with Gasteiger partial charge in [-0.05, 0) is 60.3 Å². The molecule has 8 heteroatoms. The fourth-order valence-corrected chi connectivity index (χ4v) is 3.67. The lowest BCUT2D eigenvalue weighted by atomic mass is 9.89. The van der Waals surface area contributed by atoms with Gasteiger partial charge < -0.3 is 10.4 Å². The molecule has 0 radical (unpaired) electrons. The molecular weight excluding hydrogens is 350 g/mol. The summed E-state index contributed by atoms with van der Waals surface area (Å²) in [5.74, 6) is -1.44. The van der Waals surface area contributed by atoms with E-state index >= 15 is 0 Å². The molecule has 134 valence electrons. The van der Waals surface area contributed by atoms with Gasteiger partial charge in [-0.1, -0.05) is 0 Å². The van der Waals surface area contributed by atoms with Gasteiger partial charge in [0, 0.05) is 12.1 Å². The molecule has 2 aromatic rings. The largest absolute Gasteiger partial charge is 0.506 e. The number of phenolic OH excluding ortho intramolecular Hbond substituents is 1. The summed E-state index contributed by atoms with van der Waals surface area (Å²) in [5.41, 5.74) is 2.24. The molecule has 1 aliphatic rings. The van der Waals surface area contributed by atoms with Crippen LogP contribution in [0.4, 0.5) is 14.5 Å². The van der Waals surface area contributed by atoms with Crippen LogP contribution >= 0.6 is 0 Å². The number of hydrogen-bond acceptors (Lipinski definition) is 4. The highest BCUT2D eigenvalue weighted by Crippen LogP contribution is 2.34. The summed E-state index contributed by atoms with van der Waals surface area (Å²) in [4.78, 5) is 0. The van der Waals surface area contributed by atoms with E-state index in [1.807, 2.05) is 0 Å². The molecule has 25 heavy (non-hydrogen) atoms. The Morgan fingerprint density at radius 2 is 1.88 bits per heavy atom. The lowest BCUT2D eigenvalue weighted by Crippen LogP contribution is -2.31. The van der Waals surface area contributed by atoms with Gasteiger partial charge in [0.1, 0.15) is 17.4 Å². The van der Waals surface area contributed by atoms with Crippen LogP contribution in [0, 0.1) is 11.6 Å². The maximum absolute atomic E-state index is 13.4. The van der Waals surface area contributed by atoms with Crippen molar-refractivity contribution in [2.45, 2.75) is 18.9 Å². The monoisotopic (exact) mass is 368 g/mol. The smallest absolute Gasteiger partial charge is 0.229 e. The number of benzene rings is 2. The fourth-order valence-electron chi connectivity index (χ4n) is 3.11. The number of fused-ring (bicyclic) bond motifs is 1. The van der Waals surface area contributed by atoms with E-state index in [2.05, 4.69) is 10.0 Å². The van der Waals surface area contributed by atoms with Crippen molar-refractivity contribution in [2.75, 3.05) is 17.5 Å². The standard InChI is InChI=1S/C17H18F2N2O3S/c1-25(23,24)21-16-9-14-11(7-17(16)22)2-3-20-15(14)6-10-4-12(18)8-13(19)5-10/h4-5,7-9,15,20-22H,2-3,6H2,1H3. The molecule has 0 fully saturated rings. The molecule has 2 aromatic carbocycles. The average Bonchev–Trinajstić information content (AvgIpc) is 2.46. The minimum absolute atomic E-state index is 0.0837. The van der Waals surface area contributed by atoms with Gasteiger partial charge in [0.15, 0.2) is 0 Å². The number of sulfonamides is 1. The van der Waals surface area contributed by atoms with Crippen LogP contribution in [0.3, 0.4) is 0 Å². The Bertz CT molecular complexity index is 896. The second kappa shape index (κ2) is 6.61. The number of phenols is 1. The summed E-state index contributed by atoms with van der Waals surface area (Å²) in [5, 5.41) is 13.3. The van der Waals surface area contributed by atoms with E-state index in [9.17, 15) is 22.3 Å². The molecule has 1 atom stereocenters. The van der Waals surface area contributed by atoms with E-state index < -0.39 is 21.7 Å². The van der Waals surface area contributed by atoms with E-state index in [0.717, 1.165) is 23.4 Å². The van der Waals surface area contributed by atoms with E-state index in [1.54, 1.807) is 6.07 Å². The molecule has 3 N–H and O–H groups in total. The molecular formula is C17H18F2N2O3S. The Hall–Kier alpha value is -2.19. The van der Waals surface area contributed by atoms with Gasteiger partial charge in [0.05, 0.1) is 11.9 Å². The third-order valence-electron chi connectivity index (χ3n) is 4.08. The average molecular weight is 368 g/mol. The van der Waals surface area contributed by atoms with Crippen LogP contribution in [0.1, 0.15) is 22.7 Å². The van der Waals surface area contributed by atoms with Crippen LogP contribution in [-0.2, 0) is 22.9 Å². The van der Waals surface area contributed by atoms with Crippen molar-refractivity contribution in [1.29, 1.82) is 0 Å². The van der Waals surface area contributed by atoms with Gasteiger partial charge in [-0.15, -0.1) is 0 Å². The van der Waals surface area contributed by atoms with Crippen LogP contribution in [-0.4, -0.2) is 26.3 Å². The SMILES string of the molecule is CS(=O)(=O)Nc1cc2c(cc1O)CCNC2Cc1cc(F)cc(F)c1. The Kier molecular flexibility index (Phi) is 4.66. The highest BCUT2D eigenvalue weighted by molar-refractivity contribution is 7.92. The Morgan fingerprint density at radius 1 is 1.20 bits per heavy atom. The van der Waals surface area contributed by atoms with E-state index in [0.29, 0.717) is 24.9 Å². The van der Waals surface area contributed by atoms with Crippen molar-refractivity contribution in [1.82, 2.24) is 5.32 Å². The van der Waals surface area contributed by atoms with Gasteiger partial charge in [-0.3, -0.25) is 4.72 Å². The highest BCUT2D eigenvalue weighted by Gasteiger charge is 2.23. The normalized spacial score (nSPS) is 17.2. The van der Waals surface area contributed by atoms with Crippen molar-refractivity contribution in [3.63, 3.8) is 0 Å². The van der Waals surface area contributed by atoms with Crippen LogP contribution in [0.2, 0.25) is 0 Å². The maximum Gasteiger partial charge on any atom is 0.229 e. The van der Waals surface area contributed by atoms with Gasteiger partial charge in [0.2, 0.25) is 10.0 Å². The predicted octanol–water partition coefficient (Wildman–Crippen LogP) is 2.47. The third-order valence-corrected chi connectivity index (χ3v) is 4.67. The Morgan fingerprint density at radius 3 is 2.52 bits per heavy atom. The number of nitrogens with one attached hydrogen (secondary N) is 2. The first-order chi connectivity index (χ1) is 11.7. The first-order valence-electron chi connectivity index (χ1n) is 7.73. The van der Waals surface area contributed by atoms with Crippen molar-refractivity contribution < 1.29 is 22.3 Å². The lowest BCUT2D eigenvalue weighted by Gasteiger charge is -2.28. The minimum atomic E-state index is -3.54. The molecule has 5 nitrogen and oxygen atoms in total. The van der Waals surface area contributed by atoms with E-state index in [4.69, 9.17) is 0 Å². The van der Waals surface area contributed by atoms with Crippen LogP contribution in [0.15, 0.2) is 30.3 Å². The molecule has 0 saturated carbocycles. The lowest BCUT2D eigenvalue weighted by molar-refractivity contribution is 0.468. The summed E-state index contributed by atoms with van der Waals surface area (Å²) in [6.45, 7) is 0.647. The molecule has 0 aromatic heterocycles. The summed E-state index contributed by atoms with van der Waals surface area (Å²) in [7, 11) is -3.54. The van der Waals surface area contributed by atoms with Crippen LogP contribution < -0.4 is 10.0 Å². The molecule has 1 heterocycles. The Balaban J connectivity index is 1.96. The summed E-state index contributed by atoms with van der Waals surface area (Å²) in [6, 6.07) is 6.22. The quantitative estimate of drug-likeness (QED) is 0.725. The predicted molar refractivity (Wildman–Crippen MR) is 91.1 cm³/mol. The molecule has 0 spiro atoms. The number of halogens is 2. The maximum atomic E-state index is 13.4. The van der Waals surface area contributed by atoms with Gasteiger partial charge in [0.25, 0.3) is 0 Å². The second-order valence-electron chi connectivity index (χ2n) is 6.18. The van der Waals surface area contributed by atoms with Gasteiger partial charge in [-0.2, -0.15) is 0 Å². The highest BCUT2D eigenvalue weighted by atomic mass is 32.2. The first-order valence-corrected chi connectivity index (χ1v) is 9.62. The number of aromatic hydroxyl groups is 1. The molecule has 0 bridgehead atoms. The van der Waals surface area contributed by atoms with Crippen molar-refractivity contribution in [3.05, 3.63) is 58.7 Å². The third kappa shape index (κ3) is 4.26. The van der Waals surface area contributed by atoms with E-state index in [-0.39, 0.29) is 17.5 Å². The molecule has 0 aliphatic carbocycles. The van der Waals surface area contributed by atoms with Crippen LogP contribution in [0.25, 0.3) is 0 Å². The van der Waals surface area contributed by atoms with E-state index in [1.165, 1.54) is 18.2 Å². The fraction of sp³-hybridized carbons (Fsp3) is 0.294. The second-order valence-corrected chi connectivity index (χ2v) is 7.93. The molecule has 1 unspecified atom stereocenters. The van der Waals surface area contributed by atoms with Crippen molar-refractivity contribution in [2.24, 2.45) is 0 Å². The number of rotatable bonds is 4. The molecule has 1 aliphatic heterocycles. The number of anilines is 1. The molecule has 0 amide bonds. The zero-order valence-corrected chi connectivity index (χ0v) is 14.3. The van der Waals surface area contributed by atoms with Crippen molar-refractivity contribution >= 4 is 15.7 Å². The van der Waals surface area contributed by atoms with Gasteiger partial charge in [-0.25, -0.2) is 17.2 Å². The summed E-state index contributed by atoms with van der Waals surface area (Å²) in [6.07, 6.45) is 2.00. The minimum Gasteiger partial charge on any atom is -0.506 e. The number of hydrogen-bond donors (Lipinski definition) is 3. The molecule has 0 saturated heterocycles. The van der Waals surface area contributed by atoms with Crippen LogP contribution in [0.5, 0.6) is 5.75 Å². The summed E-state index contributed by atoms with van der Waals surface area (Å²) >= 11 is 0. The van der Waals surface area contributed by atoms with Gasteiger partial charge >= 0.3 is 0 Å². The summed E-state index contributed by atoms with van der Waals surface area (Å²) < 4.78 is 52.0. The zero-order valence-electron chi connectivity index (χ0n) is 13.5. The molecule has 3 rings (SSSR count). The zero-order chi connectivity index (χ0) is 18.2. The first kappa shape index (κ1) is 17.6. The van der Waals surface area contributed by atoms with Crippen molar-refractivity contribution in [3.8, 4) is 5.75 Å². The topological polar surface area (TPSA) is 78.4 Å². The Labute approximate surface area is 144 Å².